The molecule has 0 saturated carbocycles. The van der Waals surface area contributed by atoms with Crippen molar-refractivity contribution in [1.29, 1.82) is 0 Å². The molecular formula is C14H27N3O. The van der Waals surface area contributed by atoms with Crippen LogP contribution in [0.1, 0.15) is 32.6 Å². The molecule has 2 heterocycles. The minimum atomic E-state index is 0.344. The van der Waals surface area contributed by atoms with Gasteiger partial charge in [0, 0.05) is 19.6 Å². The van der Waals surface area contributed by atoms with Crippen LogP contribution in [0.15, 0.2) is 0 Å². The van der Waals surface area contributed by atoms with Gasteiger partial charge in [-0.15, -0.1) is 0 Å². The Kier molecular flexibility index (Phi) is 5.45. The summed E-state index contributed by atoms with van der Waals surface area (Å²) in [5, 5.41) is 3.42. The van der Waals surface area contributed by atoms with Gasteiger partial charge in [0.25, 0.3) is 0 Å². The molecule has 1 N–H and O–H groups in total. The number of amides is 1. The molecule has 104 valence electrons. The number of hydrogen-bond donors (Lipinski definition) is 1. The zero-order chi connectivity index (χ0) is 12.8. The van der Waals surface area contributed by atoms with Crippen molar-refractivity contribution in [2.45, 2.75) is 32.6 Å². The average Bonchev–Trinajstić information content (AvgIpc) is 2.91. The first-order chi connectivity index (χ1) is 8.79. The number of rotatable bonds is 5. The number of carbonyl (C=O) groups is 1. The molecule has 4 nitrogen and oxygen atoms in total. The third kappa shape index (κ3) is 3.95. The van der Waals surface area contributed by atoms with E-state index in [1.807, 2.05) is 4.90 Å². The lowest BCUT2D eigenvalue weighted by atomic mass is 9.98. The third-order valence-corrected chi connectivity index (χ3v) is 4.10. The van der Waals surface area contributed by atoms with Crippen molar-refractivity contribution in [3.05, 3.63) is 0 Å². The molecule has 0 aromatic carbocycles. The van der Waals surface area contributed by atoms with Gasteiger partial charge in [-0.3, -0.25) is 9.69 Å². The van der Waals surface area contributed by atoms with E-state index in [0.29, 0.717) is 12.5 Å². The molecule has 1 amide bonds. The fourth-order valence-electron chi connectivity index (χ4n) is 3.07. The number of carbonyl (C=O) groups excluding carboxylic acids is 1. The Morgan fingerprint density at radius 3 is 2.72 bits per heavy atom. The number of likely N-dealkylation sites (tertiary alicyclic amines) is 2. The summed E-state index contributed by atoms with van der Waals surface area (Å²) in [6, 6.07) is 0. The van der Waals surface area contributed by atoms with E-state index >= 15 is 0 Å². The summed E-state index contributed by atoms with van der Waals surface area (Å²) in [5.74, 6) is 1.07. The fraction of sp³-hybridized carbons (Fsp3) is 0.929. The monoisotopic (exact) mass is 253 g/mol. The predicted octanol–water partition coefficient (Wildman–Crippen LogP) is 0.930. The second-order valence-corrected chi connectivity index (χ2v) is 5.64. The summed E-state index contributed by atoms with van der Waals surface area (Å²) >= 11 is 0. The molecule has 1 unspecified atom stereocenters. The van der Waals surface area contributed by atoms with Gasteiger partial charge in [-0.1, -0.05) is 6.92 Å². The van der Waals surface area contributed by atoms with Gasteiger partial charge in [0.15, 0.2) is 0 Å². The van der Waals surface area contributed by atoms with Gasteiger partial charge in [0.05, 0.1) is 6.54 Å². The minimum absolute atomic E-state index is 0.344. The quantitative estimate of drug-likeness (QED) is 0.792. The molecule has 0 bridgehead atoms. The van der Waals surface area contributed by atoms with E-state index in [4.69, 9.17) is 0 Å². The molecule has 0 spiro atoms. The van der Waals surface area contributed by atoms with Gasteiger partial charge in [-0.05, 0) is 51.2 Å². The predicted molar refractivity (Wildman–Crippen MR) is 73.5 cm³/mol. The maximum Gasteiger partial charge on any atom is 0.236 e. The lowest BCUT2D eigenvalue weighted by Gasteiger charge is -2.33. The third-order valence-electron chi connectivity index (χ3n) is 4.10. The zero-order valence-corrected chi connectivity index (χ0v) is 11.7. The van der Waals surface area contributed by atoms with Gasteiger partial charge in [-0.2, -0.15) is 0 Å². The van der Waals surface area contributed by atoms with Gasteiger partial charge in [0.2, 0.25) is 5.91 Å². The highest BCUT2D eigenvalue weighted by atomic mass is 16.2. The number of hydrogen-bond acceptors (Lipinski definition) is 3. The van der Waals surface area contributed by atoms with Crippen molar-refractivity contribution in [1.82, 2.24) is 15.1 Å². The second kappa shape index (κ2) is 7.10. The van der Waals surface area contributed by atoms with Gasteiger partial charge in [-0.25, -0.2) is 0 Å². The van der Waals surface area contributed by atoms with Crippen LogP contribution >= 0.6 is 0 Å². The number of piperidine rings is 1. The summed E-state index contributed by atoms with van der Waals surface area (Å²) in [7, 11) is 0. The Morgan fingerprint density at radius 1 is 1.22 bits per heavy atom. The van der Waals surface area contributed by atoms with E-state index in [1.54, 1.807) is 0 Å². The number of nitrogens with one attached hydrogen (secondary N) is 1. The van der Waals surface area contributed by atoms with Crippen LogP contribution in [0.4, 0.5) is 0 Å². The standard InChI is InChI=1S/C14H27N3O/c1-2-15-10-13-6-5-7-16(11-13)12-14(18)17-8-3-4-9-17/h13,15H,2-12H2,1H3. The van der Waals surface area contributed by atoms with E-state index in [0.717, 1.165) is 45.2 Å². The van der Waals surface area contributed by atoms with E-state index in [-0.39, 0.29) is 0 Å². The van der Waals surface area contributed by atoms with Crippen molar-refractivity contribution in [2.75, 3.05) is 45.8 Å². The van der Waals surface area contributed by atoms with E-state index in [2.05, 4.69) is 17.1 Å². The van der Waals surface area contributed by atoms with E-state index < -0.39 is 0 Å². The van der Waals surface area contributed by atoms with Crippen LogP contribution in [0.3, 0.4) is 0 Å². The molecule has 2 rings (SSSR count). The highest BCUT2D eigenvalue weighted by Crippen LogP contribution is 2.16. The molecular weight excluding hydrogens is 226 g/mol. The van der Waals surface area contributed by atoms with Crippen LogP contribution in [0, 0.1) is 5.92 Å². The molecule has 0 aromatic heterocycles. The Balaban J connectivity index is 1.72. The lowest BCUT2D eigenvalue weighted by Crippen LogP contribution is -2.45. The molecule has 4 heteroatoms. The first-order valence-electron chi connectivity index (χ1n) is 7.50. The summed E-state index contributed by atoms with van der Waals surface area (Å²) in [5.41, 5.74) is 0. The molecule has 0 aromatic rings. The molecule has 2 fully saturated rings. The molecule has 1 atom stereocenters. The topological polar surface area (TPSA) is 35.6 Å². The smallest absolute Gasteiger partial charge is 0.236 e. The van der Waals surface area contributed by atoms with E-state index in [1.165, 1.54) is 25.7 Å². The summed E-state index contributed by atoms with van der Waals surface area (Å²) in [6.45, 7) is 9.09. The Morgan fingerprint density at radius 2 is 2.00 bits per heavy atom. The van der Waals surface area contributed by atoms with Crippen LogP contribution < -0.4 is 5.32 Å². The van der Waals surface area contributed by atoms with Crippen LogP contribution in [0.25, 0.3) is 0 Å². The van der Waals surface area contributed by atoms with Crippen molar-refractivity contribution in [3.8, 4) is 0 Å². The molecule has 0 aliphatic carbocycles. The Bertz CT molecular complexity index is 264. The second-order valence-electron chi connectivity index (χ2n) is 5.64. The first kappa shape index (κ1) is 13.8. The lowest BCUT2D eigenvalue weighted by molar-refractivity contribution is -0.131. The zero-order valence-electron chi connectivity index (χ0n) is 11.7. The van der Waals surface area contributed by atoms with Gasteiger partial charge in [0.1, 0.15) is 0 Å². The van der Waals surface area contributed by atoms with Crippen molar-refractivity contribution in [3.63, 3.8) is 0 Å². The average molecular weight is 253 g/mol. The first-order valence-corrected chi connectivity index (χ1v) is 7.50. The van der Waals surface area contributed by atoms with Crippen molar-refractivity contribution >= 4 is 5.91 Å². The maximum absolute atomic E-state index is 12.1. The molecule has 0 radical (unpaired) electrons. The van der Waals surface area contributed by atoms with Crippen molar-refractivity contribution < 1.29 is 4.79 Å². The summed E-state index contributed by atoms with van der Waals surface area (Å²) in [6.07, 6.45) is 4.92. The maximum atomic E-state index is 12.1. The van der Waals surface area contributed by atoms with Gasteiger partial charge < -0.3 is 10.2 Å². The molecule has 2 aliphatic heterocycles. The van der Waals surface area contributed by atoms with Crippen LogP contribution in [-0.2, 0) is 4.79 Å². The Labute approximate surface area is 111 Å². The fourth-order valence-corrected chi connectivity index (χ4v) is 3.07. The van der Waals surface area contributed by atoms with Crippen LogP contribution in [0.2, 0.25) is 0 Å². The summed E-state index contributed by atoms with van der Waals surface area (Å²) in [4.78, 5) is 16.5. The van der Waals surface area contributed by atoms with E-state index in [9.17, 15) is 4.79 Å². The normalized spacial score (nSPS) is 25.6. The van der Waals surface area contributed by atoms with Crippen LogP contribution in [-0.4, -0.2) is 61.5 Å². The van der Waals surface area contributed by atoms with Crippen molar-refractivity contribution in [2.24, 2.45) is 5.92 Å². The van der Waals surface area contributed by atoms with Crippen LogP contribution in [0.5, 0.6) is 0 Å². The highest BCUT2D eigenvalue weighted by molar-refractivity contribution is 5.78. The highest BCUT2D eigenvalue weighted by Gasteiger charge is 2.24. The molecule has 2 saturated heterocycles. The van der Waals surface area contributed by atoms with Gasteiger partial charge >= 0.3 is 0 Å². The number of nitrogens with zero attached hydrogens (tertiary/aromatic N) is 2. The minimum Gasteiger partial charge on any atom is -0.342 e. The molecule has 2 aliphatic rings. The Hall–Kier alpha value is -0.610. The summed E-state index contributed by atoms with van der Waals surface area (Å²) < 4.78 is 0. The molecule has 18 heavy (non-hydrogen) atoms. The SMILES string of the molecule is CCNCC1CCCN(CC(=O)N2CCCC2)C1. The largest absolute Gasteiger partial charge is 0.342 e.